The van der Waals surface area contributed by atoms with Crippen LogP contribution in [0.25, 0.3) is 0 Å². The Kier molecular flexibility index (Phi) is 4.57. The van der Waals surface area contributed by atoms with Gasteiger partial charge in [0.2, 0.25) is 0 Å². The molecular formula is C18H21N3O2. The summed E-state index contributed by atoms with van der Waals surface area (Å²) in [4.78, 5) is 18.5. The molecule has 23 heavy (non-hydrogen) atoms. The summed E-state index contributed by atoms with van der Waals surface area (Å²) in [5, 5.41) is 3.36. The monoisotopic (exact) mass is 311 g/mol. The van der Waals surface area contributed by atoms with E-state index in [1.54, 1.807) is 17.2 Å². The van der Waals surface area contributed by atoms with Crippen LogP contribution in [0.3, 0.4) is 0 Å². The molecule has 2 aromatic rings. The van der Waals surface area contributed by atoms with E-state index in [0.29, 0.717) is 32.0 Å². The first-order valence-electron chi connectivity index (χ1n) is 7.81. The Morgan fingerprint density at radius 3 is 2.70 bits per heavy atom. The van der Waals surface area contributed by atoms with E-state index in [1.165, 1.54) is 11.1 Å². The van der Waals surface area contributed by atoms with Crippen LogP contribution in [0, 0.1) is 13.8 Å². The maximum Gasteiger partial charge on any atom is 0.272 e. The van der Waals surface area contributed by atoms with Crippen LogP contribution in [-0.4, -0.2) is 42.1 Å². The molecule has 1 amide bonds. The van der Waals surface area contributed by atoms with Crippen molar-refractivity contribution in [3.63, 3.8) is 0 Å². The van der Waals surface area contributed by atoms with E-state index in [9.17, 15) is 4.79 Å². The second kappa shape index (κ2) is 6.79. The predicted octanol–water partition coefficient (Wildman–Crippen LogP) is 2.91. The molecule has 1 N–H and O–H groups in total. The van der Waals surface area contributed by atoms with Crippen LogP contribution in [0.4, 0.5) is 11.4 Å². The van der Waals surface area contributed by atoms with Gasteiger partial charge in [-0.1, -0.05) is 17.7 Å². The number of hydrogen-bond acceptors (Lipinski definition) is 4. The predicted molar refractivity (Wildman–Crippen MR) is 90.2 cm³/mol. The second-order valence-electron chi connectivity index (χ2n) is 5.78. The Balaban J connectivity index is 1.78. The Morgan fingerprint density at radius 2 is 1.96 bits per heavy atom. The average Bonchev–Trinajstić information content (AvgIpc) is 2.58. The summed E-state index contributed by atoms with van der Waals surface area (Å²) in [6.07, 6.45) is 1.67. The molecule has 0 radical (unpaired) electrons. The fourth-order valence-corrected chi connectivity index (χ4v) is 2.66. The van der Waals surface area contributed by atoms with Crippen molar-refractivity contribution in [1.82, 2.24) is 9.88 Å². The average molecular weight is 311 g/mol. The number of anilines is 2. The van der Waals surface area contributed by atoms with Crippen molar-refractivity contribution in [1.29, 1.82) is 0 Å². The zero-order valence-electron chi connectivity index (χ0n) is 13.5. The molecule has 0 bridgehead atoms. The molecule has 3 rings (SSSR count). The van der Waals surface area contributed by atoms with Gasteiger partial charge in [-0.2, -0.15) is 0 Å². The number of ether oxygens (including phenoxy) is 1. The van der Waals surface area contributed by atoms with Gasteiger partial charge in [-0.05, 0) is 37.6 Å². The van der Waals surface area contributed by atoms with Crippen molar-refractivity contribution in [2.75, 3.05) is 31.6 Å². The summed E-state index contributed by atoms with van der Waals surface area (Å²) < 4.78 is 5.28. The fraction of sp³-hybridized carbons (Fsp3) is 0.333. The standard InChI is InChI=1S/C18H21N3O2/c1-13-3-4-16(14(2)11-13)20-15-5-6-19-17(12-15)18(22)21-7-9-23-10-8-21/h3-6,11-12H,7-10H2,1-2H3,(H,19,20). The van der Waals surface area contributed by atoms with E-state index in [1.807, 2.05) is 6.07 Å². The number of carbonyl (C=O) groups excluding carboxylic acids is 1. The lowest BCUT2D eigenvalue weighted by molar-refractivity contribution is 0.0299. The van der Waals surface area contributed by atoms with Gasteiger partial charge in [-0.3, -0.25) is 9.78 Å². The summed E-state index contributed by atoms with van der Waals surface area (Å²) in [5.41, 5.74) is 4.76. The van der Waals surface area contributed by atoms with Crippen LogP contribution >= 0.6 is 0 Å². The van der Waals surface area contributed by atoms with Crippen molar-refractivity contribution in [2.45, 2.75) is 13.8 Å². The highest BCUT2D eigenvalue weighted by Gasteiger charge is 2.19. The largest absolute Gasteiger partial charge is 0.378 e. The molecular weight excluding hydrogens is 290 g/mol. The number of aromatic nitrogens is 1. The molecule has 1 aromatic heterocycles. The van der Waals surface area contributed by atoms with Gasteiger partial charge in [0, 0.05) is 30.7 Å². The van der Waals surface area contributed by atoms with Gasteiger partial charge < -0.3 is 15.0 Å². The Bertz CT molecular complexity index is 709. The van der Waals surface area contributed by atoms with Gasteiger partial charge >= 0.3 is 0 Å². The molecule has 120 valence electrons. The van der Waals surface area contributed by atoms with Gasteiger partial charge in [-0.15, -0.1) is 0 Å². The van der Waals surface area contributed by atoms with Gasteiger partial charge in [0.1, 0.15) is 5.69 Å². The Hall–Kier alpha value is -2.40. The highest BCUT2D eigenvalue weighted by molar-refractivity contribution is 5.93. The first-order chi connectivity index (χ1) is 11.1. The number of hydrogen-bond donors (Lipinski definition) is 1. The number of morpholine rings is 1. The first kappa shape index (κ1) is 15.5. The zero-order valence-corrected chi connectivity index (χ0v) is 13.5. The summed E-state index contributed by atoms with van der Waals surface area (Å²) in [5.74, 6) is -0.0439. The molecule has 0 unspecified atom stereocenters. The summed E-state index contributed by atoms with van der Waals surface area (Å²) >= 11 is 0. The van der Waals surface area contributed by atoms with Crippen LogP contribution in [0.5, 0.6) is 0 Å². The molecule has 1 fully saturated rings. The lowest BCUT2D eigenvalue weighted by atomic mass is 10.1. The SMILES string of the molecule is Cc1ccc(Nc2ccnc(C(=O)N3CCOCC3)c2)c(C)c1. The maximum atomic E-state index is 12.5. The lowest BCUT2D eigenvalue weighted by Gasteiger charge is -2.26. The highest BCUT2D eigenvalue weighted by Crippen LogP contribution is 2.22. The van der Waals surface area contributed by atoms with E-state index in [2.05, 4.69) is 42.3 Å². The van der Waals surface area contributed by atoms with Crippen LogP contribution in [0.2, 0.25) is 0 Å². The Labute approximate surface area is 136 Å². The van der Waals surface area contributed by atoms with E-state index in [4.69, 9.17) is 4.74 Å². The number of nitrogens with one attached hydrogen (secondary N) is 1. The fourth-order valence-electron chi connectivity index (χ4n) is 2.66. The van der Waals surface area contributed by atoms with E-state index in [-0.39, 0.29) is 5.91 Å². The smallest absolute Gasteiger partial charge is 0.272 e. The second-order valence-corrected chi connectivity index (χ2v) is 5.78. The quantitative estimate of drug-likeness (QED) is 0.947. The molecule has 0 aliphatic carbocycles. The number of aryl methyl sites for hydroxylation is 2. The number of rotatable bonds is 3. The molecule has 1 saturated heterocycles. The summed E-state index contributed by atoms with van der Waals surface area (Å²) in [6.45, 7) is 6.56. The normalized spacial score (nSPS) is 14.6. The molecule has 1 aliphatic heterocycles. The third-order valence-electron chi connectivity index (χ3n) is 3.94. The van der Waals surface area contributed by atoms with E-state index < -0.39 is 0 Å². The van der Waals surface area contributed by atoms with Crippen LogP contribution in [-0.2, 0) is 4.74 Å². The van der Waals surface area contributed by atoms with Crippen LogP contribution in [0.15, 0.2) is 36.5 Å². The van der Waals surface area contributed by atoms with Gasteiger partial charge in [-0.25, -0.2) is 0 Å². The molecule has 1 aromatic carbocycles. The van der Waals surface area contributed by atoms with E-state index in [0.717, 1.165) is 11.4 Å². The van der Waals surface area contributed by atoms with Gasteiger partial charge in [0.25, 0.3) is 5.91 Å². The van der Waals surface area contributed by atoms with Crippen molar-refractivity contribution < 1.29 is 9.53 Å². The van der Waals surface area contributed by atoms with Crippen LogP contribution < -0.4 is 5.32 Å². The van der Waals surface area contributed by atoms with E-state index >= 15 is 0 Å². The molecule has 0 spiro atoms. The van der Waals surface area contributed by atoms with Crippen molar-refractivity contribution in [3.8, 4) is 0 Å². The Morgan fingerprint density at radius 1 is 1.17 bits per heavy atom. The summed E-state index contributed by atoms with van der Waals surface area (Å²) in [7, 11) is 0. The molecule has 2 heterocycles. The molecule has 0 saturated carbocycles. The number of pyridine rings is 1. The van der Waals surface area contributed by atoms with Crippen LogP contribution in [0.1, 0.15) is 21.6 Å². The van der Waals surface area contributed by atoms with Crippen molar-refractivity contribution >= 4 is 17.3 Å². The first-order valence-corrected chi connectivity index (χ1v) is 7.81. The molecule has 5 nitrogen and oxygen atoms in total. The van der Waals surface area contributed by atoms with Gasteiger partial charge in [0.15, 0.2) is 0 Å². The molecule has 5 heteroatoms. The van der Waals surface area contributed by atoms with Crippen molar-refractivity contribution in [2.24, 2.45) is 0 Å². The topological polar surface area (TPSA) is 54.5 Å². The number of benzene rings is 1. The number of nitrogens with zero attached hydrogens (tertiary/aromatic N) is 2. The highest BCUT2D eigenvalue weighted by atomic mass is 16.5. The minimum absolute atomic E-state index is 0.0439. The minimum atomic E-state index is -0.0439. The third kappa shape index (κ3) is 3.68. The molecule has 0 atom stereocenters. The maximum absolute atomic E-state index is 12.5. The minimum Gasteiger partial charge on any atom is -0.378 e. The number of carbonyl (C=O) groups is 1. The van der Waals surface area contributed by atoms with Crippen molar-refractivity contribution in [3.05, 3.63) is 53.3 Å². The number of amides is 1. The third-order valence-corrected chi connectivity index (χ3v) is 3.94. The molecule has 1 aliphatic rings. The van der Waals surface area contributed by atoms with Gasteiger partial charge in [0.05, 0.1) is 13.2 Å². The zero-order chi connectivity index (χ0) is 16.2. The summed E-state index contributed by atoms with van der Waals surface area (Å²) in [6, 6.07) is 9.92. The lowest BCUT2D eigenvalue weighted by Crippen LogP contribution is -2.41.